The van der Waals surface area contributed by atoms with Crippen LogP contribution in [0.3, 0.4) is 0 Å². The number of carbonyl (C=O) groups excluding carboxylic acids is 1. The summed E-state index contributed by atoms with van der Waals surface area (Å²) in [7, 11) is 0. The fourth-order valence-corrected chi connectivity index (χ4v) is 1.56. The molecule has 0 spiro atoms. The Bertz CT molecular complexity index is 489. The second-order valence-corrected chi connectivity index (χ2v) is 4.57. The first kappa shape index (κ1) is 14.9. The van der Waals surface area contributed by atoms with Crippen LogP contribution in [-0.2, 0) is 4.79 Å². The molecule has 1 rings (SSSR count). The number of hydrogen-bond donors (Lipinski definition) is 3. The minimum Gasteiger partial charge on any atom is -0.480 e. The molecule has 0 aliphatic carbocycles. The number of anilines is 1. The van der Waals surface area contributed by atoms with E-state index >= 15 is 0 Å². The lowest BCUT2D eigenvalue weighted by Crippen LogP contribution is -2.46. The number of nitrogens with one attached hydrogen (secondary N) is 2. The van der Waals surface area contributed by atoms with Crippen molar-refractivity contribution in [1.29, 1.82) is 0 Å². The molecule has 0 saturated heterocycles. The Balaban J connectivity index is 2.75. The van der Waals surface area contributed by atoms with Gasteiger partial charge in [0.25, 0.3) is 0 Å². The van der Waals surface area contributed by atoms with E-state index in [4.69, 9.17) is 5.11 Å². The van der Waals surface area contributed by atoms with E-state index in [2.05, 4.69) is 10.6 Å². The van der Waals surface area contributed by atoms with Crippen LogP contribution in [0.15, 0.2) is 18.2 Å². The van der Waals surface area contributed by atoms with Gasteiger partial charge in [0.15, 0.2) is 0 Å². The highest BCUT2D eigenvalue weighted by Crippen LogP contribution is 2.17. The van der Waals surface area contributed by atoms with Crippen LogP contribution in [0.2, 0.25) is 0 Å². The maximum absolute atomic E-state index is 13.3. The molecular weight excluding hydrogens is 251 g/mol. The second-order valence-electron chi connectivity index (χ2n) is 4.57. The molecule has 2 amide bonds. The average molecular weight is 268 g/mol. The monoisotopic (exact) mass is 268 g/mol. The highest BCUT2D eigenvalue weighted by Gasteiger charge is 2.23. The summed E-state index contributed by atoms with van der Waals surface area (Å²) >= 11 is 0. The van der Waals surface area contributed by atoms with Crippen molar-refractivity contribution in [3.05, 3.63) is 29.6 Å². The van der Waals surface area contributed by atoms with Gasteiger partial charge in [-0.05, 0) is 25.0 Å². The Morgan fingerprint density at radius 1 is 1.32 bits per heavy atom. The Hall–Kier alpha value is -2.11. The van der Waals surface area contributed by atoms with E-state index < -0.39 is 23.9 Å². The van der Waals surface area contributed by atoms with Crippen LogP contribution in [0.5, 0.6) is 0 Å². The lowest BCUT2D eigenvalue weighted by atomic mass is 10.1. The first-order valence-corrected chi connectivity index (χ1v) is 5.88. The predicted molar refractivity (Wildman–Crippen MR) is 69.6 cm³/mol. The zero-order valence-electron chi connectivity index (χ0n) is 11.0. The zero-order valence-corrected chi connectivity index (χ0v) is 11.0. The molecule has 104 valence electrons. The minimum atomic E-state index is -1.11. The molecule has 0 bridgehead atoms. The number of urea groups is 1. The van der Waals surface area contributed by atoms with Crippen LogP contribution in [0.4, 0.5) is 14.9 Å². The standard InChI is InChI=1S/C13H17FN2O3/c1-7(2)11(12(17)18)16-13(19)15-10-6-4-5-9(14)8(10)3/h4-7,11H,1-3H3,(H,17,18)(H2,15,16,19)/t11-/m0/s1. The van der Waals surface area contributed by atoms with E-state index in [0.717, 1.165) is 0 Å². The maximum Gasteiger partial charge on any atom is 0.326 e. The van der Waals surface area contributed by atoms with Gasteiger partial charge in [-0.2, -0.15) is 0 Å². The summed E-state index contributed by atoms with van der Waals surface area (Å²) < 4.78 is 13.3. The molecule has 3 N–H and O–H groups in total. The molecule has 0 saturated carbocycles. The molecule has 5 nitrogen and oxygen atoms in total. The molecule has 0 aromatic heterocycles. The summed E-state index contributed by atoms with van der Waals surface area (Å²) in [6.45, 7) is 4.90. The van der Waals surface area contributed by atoms with Gasteiger partial charge in [0.1, 0.15) is 11.9 Å². The third-order valence-electron chi connectivity index (χ3n) is 2.74. The topological polar surface area (TPSA) is 78.4 Å². The van der Waals surface area contributed by atoms with Crippen molar-refractivity contribution >= 4 is 17.7 Å². The molecule has 6 heteroatoms. The highest BCUT2D eigenvalue weighted by molar-refractivity contribution is 5.92. The molecule has 0 heterocycles. The molecule has 19 heavy (non-hydrogen) atoms. The zero-order chi connectivity index (χ0) is 14.6. The average Bonchev–Trinajstić information content (AvgIpc) is 2.31. The summed E-state index contributed by atoms with van der Waals surface area (Å²) in [6, 6.07) is 2.63. The van der Waals surface area contributed by atoms with Gasteiger partial charge in [-0.1, -0.05) is 19.9 Å². The van der Waals surface area contributed by atoms with Crippen LogP contribution in [-0.4, -0.2) is 23.1 Å². The van der Waals surface area contributed by atoms with Gasteiger partial charge in [-0.3, -0.25) is 0 Å². The van der Waals surface area contributed by atoms with E-state index in [-0.39, 0.29) is 5.92 Å². The number of benzene rings is 1. The lowest BCUT2D eigenvalue weighted by molar-refractivity contribution is -0.140. The summed E-state index contributed by atoms with van der Waals surface area (Å²) in [6.07, 6.45) is 0. The van der Waals surface area contributed by atoms with Gasteiger partial charge < -0.3 is 15.7 Å². The van der Waals surface area contributed by atoms with Crippen molar-refractivity contribution in [1.82, 2.24) is 5.32 Å². The Morgan fingerprint density at radius 2 is 1.95 bits per heavy atom. The molecule has 1 atom stereocenters. The molecule has 0 fully saturated rings. The van der Waals surface area contributed by atoms with Gasteiger partial charge in [-0.25, -0.2) is 14.0 Å². The number of carbonyl (C=O) groups is 2. The van der Waals surface area contributed by atoms with Gasteiger partial charge in [0.05, 0.1) is 0 Å². The number of aliphatic carboxylic acids is 1. The van der Waals surface area contributed by atoms with Crippen LogP contribution >= 0.6 is 0 Å². The van der Waals surface area contributed by atoms with Crippen molar-refractivity contribution in [3.8, 4) is 0 Å². The fourth-order valence-electron chi connectivity index (χ4n) is 1.56. The van der Waals surface area contributed by atoms with Crippen molar-refractivity contribution in [2.75, 3.05) is 5.32 Å². The fraction of sp³-hybridized carbons (Fsp3) is 0.385. The number of halogens is 1. The van der Waals surface area contributed by atoms with E-state index in [0.29, 0.717) is 11.3 Å². The number of hydrogen-bond acceptors (Lipinski definition) is 2. The van der Waals surface area contributed by atoms with Crippen molar-refractivity contribution in [3.63, 3.8) is 0 Å². The Labute approximate surface area is 110 Å². The smallest absolute Gasteiger partial charge is 0.326 e. The molecule has 0 aliphatic heterocycles. The summed E-state index contributed by atoms with van der Waals surface area (Å²) in [5.74, 6) is -1.80. The first-order chi connectivity index (χ1) is 8.82. The van der Waals surface area contributed by atoms with Crippen molar-refractivity contribution in [2.24, 2.45) is 5.92 Å². The Morgan fingerprint density at radius 3 is 2.47 bits per heavy atom. The number of amides is 2. The molecule has 0 aliphatic rings. The quantitative estimate of drug-likeness (QED) is 0.784. The van der Waals surface area contributed by atoms with Crippen LogP contribution < -0.4 is 10.6 Å². The third kappa shape index (κ3) is 3.94. The van der Waals surface area contributed by atoms with E-state index in [1.807, 2.05) is 0 Å². The molecule has 1 aromatic rings. The largest absolute Gasteiger partial charge is 0.480 e. The van der Waals surface area contributed by atoms with E-state index in [1.165, 1.54) is 19.1 Å². The summed E-state index contributed by atoms with van der Waals surface area (Å²) in [4.78, 5) is 22.6. The first-order valence-electron chi connectivity index (χ1n) is 5.88. The Kier molecular flexibility index (Phi) is 4.86. The maximum atomic E-state index is 13.3. The van der Waals surface area contributed by atoms with Gasteiger partial charge in [0, 0.05) is 11.3 Å². The van der Waals surface area contributed by atoms with Gasteiger partial charge >= 0.3 is 12.0 Å². The number of carboxylic acids is 1. The lowest BCUT2D eigenvalue weighted by Gasteiger charge is -2.18. The van der Waals surface area contributed by atoms with E-state index in [9.17, 15) is 14.0 Å². The summed E-state index contributed by atoms with van der Waals surface area (Å²) in [5.41, 5.74) is 0.611. The second kappa shape index (κ2) is 6.17. The SMILES string of the molecule is Cc1c(F)cccc1NC(=O)N[C@H](C(=O)O)C(C)C. The van der Waals surface area contributed by atoms with Gasteiger partial charge in [-0.15, -0.1) is 0 Å². The molecule has 1 aromatic carbocycles. The van der Waals surface area contributed by atoms with Crippen LogP contribution in [0.25, 0.3) is 0 Å². The summed E-state index contributed by atoms with van der Waals surface area (Å²) in [5, 5.41) is 13.7. The van der Waals surface area contributed by atoms with Crippen LogP contribution in [0.1, 0.15) is 19.4 Å². The minimum absolute atomic E-state index is 0.253. The van der Waals surface area contributed by atoms with E-state index in [1.54, 1.807) is 19.9 Å². The normalized spacial score (nSPS) is 12.1. The third-order valence-corrected chi connectivity index (χ3v) is 2.74. The van der Waals surface area contributed by atoms with Crippen LogP contribution in [0, 0.1) is 18.7 Å². The molecule has 0 radical (unpaired) electrons. The van der Waals surface area contributed by atoms with Crippen molar-refractivity contribution in [2.45, 2.75) is 26.8 Å². The molecular formula is C13H17FN2O3. The van der Waals surface area contributed by atoms with Gasteiger partial charge in [0.2, 0.25) is 0 Å². The molecule has 0 unspecified atom stereocenters. The van der Waals surface area contributed by atoms with Crippen molar-refractivity contribution < 1.29 is 19.1 Å². The number of carboxylic acid groups (broad SMARTS) is 1. The predicted octanol–water partition coefficient (Wildman–Crippen LogP) is 2.36. The highest BCUT2D eigenvalue weighted by atomic mass is 19.1. The number of rotatable bonds is 4.